The third-order valence-corrected chi connectivity index (χ3v) is 2.67. The smallest absolute Gasteiger partial charge is 0.251 e. The minimum Gasteiger partial charge on any atom is -0.394 e. The Kier molecular flexibility index (Phi) is 5.45. The number of carbonyl (C=O) groups excluding carboxylic acids is 1. The van der Waals surface area contributed by atoms with Gasteiger partial charge in [0, 0.05) is 10.6 Å². The van der Waals surface area contributed by atoms with Crippen LogP contribution in [0.1, 0.15) is 30.6 Å². The summed E-state index contributed by atoms with van der Waals surface area (Å²) >= 11 is 5.75. The van der Waals surface area contributed by atoms with Crippen LogP contribution in [-0.2, 0) is 0 Å². The van der Waals surface area contributed by atoms with Gasteiger partial charge in [0.25, 0.3) is 5.91 Å². The molecular weight excluding hydrogens is 238 g/mol. The summed E-state index contributed by atoms with van der Waals surface area (Å²) in [6.45, 7) is 4.06. The van der Waals surface area contributed by atoms with E-state index in [0.717, 1.165) is 6.42 Å². The van der Waals surface area contributed by atoms with Gasteiger partial charge < -0.3 is 10.4 Å². The van der Waals surface area contributed by atoms with Crippen molar-refractivity contribution in [2.24, 2.45) is 5.92 Å². The van der Waals surface area contributed by atoms with Gasteiger partial charge in [0.2, 0.25) is 0 Å². The number of aliphatic hydroxyl groups excluding tert-OH is 1. The number of rotatable bonds is 5. The fourth-order valence-electron chi connectivity index (χ4n) is 1.62. The molecule has 0 fully saturated rings. The number of amides is 1. The predicted octanol–water partition coefficient (Wildman–Crippen LogP) is 2.48. The average Bonchev–Trinajstić information content (AvgIpc) is 2.28. The van der Waals surface area contributed by atoms with Crippen LogP contribution < -0.4 is 5.32 Å². The van der Waals surface area contributed by atoms with Crippen molar-refractivity contribution in [3.8, 4) is 0 Å². The molecule has 1 aromatic carbocycles. The second kappa shape index (κ2) is 6.62. The Bertz CT molecular complexity index is 362. The van der Waals surface area contributed by atoms with Gasteiger partial charge in [-0.25, -0.2) is 0 Å². The Morgan fingerprint density at radius 1 is 1.35 bits per heavy atom. The lowest BCUT2D eigenvalue weighted by Crippen LogP contribution is -2.38. The quantitative estimate of drug-likeness (QED) is 0.849. The lowest BCUT2D eigenvalue weighted by molar-refractivity contribution is 0.0908. The Labute approximate surface area is 107 Å². The Morgan fingerprint density at radius 2 is 1.94 bits per heavy atom. The molecule has 17 heavy (non-hydrogen) atoms. The third-order valence-electron chi connectivity index (χ3n) is 2.42. The normalized spacial score (nSPS) is 12.5. The van der Waals surface area contributed by atoms with Gasteiger partial charge in [-0.1, -0.05) is 25.4 Å². The second-order valence-corrected chi connectivity index (χ2v) is 4.93. The largest absolute Gasteiger partial charge is 0.394 e. The van der Waals surface area contributed by atoms with E-state index in [9.17, 15) is 9.90 Å². The van der Waals surface area contributed by atoms with Crippen molar-refractivity contribution < 1.29 is 9.90 Å². The summed E-state index contributed by atoms with van der Waals surface area (Å²) in [7, 11) is 0. The fraction of sp³-hybridized carbons (Fsp3) is 0.462. The zero-order valence-corrected chi connectivity index (χ0v) is 10.9. The van der Waals surface area contributed by atoms with Crippen molar-refractivity contribution in [1.82, 2.24) is 5.32 Å². The maximum absolute atomic E-state index is 11.8. The van der Waals surface area contributed by atoms with Crippen molar-refractivity contribution in [1.29, 1.82) is 0 Å². The number of carbonyl (C=O) groups is 1. The molecule has 0 aliphatic rings. The average molecular weight is 256 g/mol. The van der Waals surface area contributed by atoms with E-state index in [2.05, 4.69) is 19.2 Å². The van der Waals surface area contributed by atoms with E-state index in [4.69, 9.17) is 11.6 Å². The molecule has 2 N–H and O–H groups in total. The summed E-state index contributed by atoms with van der Waals surface area (Å²) in [5, 5.41) is 12.6. The SMILES string of the molecule is CC(C)C[C@H](CO)NC(=O)c1ccc(Cl)cc1. The molecule has 1 rings (SSSR count). The number of hydrogen-bond acceptors (Lipinski definition) is 2. The number of benzene rings is 1. The third kappa shape index (κ3) is 4.75. The van der Waals surface area contributed by atoms with E-state index in [1.54, 1.807) is 24.3 Å². The number of hydrogen-bond donors (Lipinski definition) is 2. The zero-order chi connectivity index (χ0) is 12.8. The lowest BCUT2D eigenvalue weighted by Gasteiger charge is -2.18. The van der Waals surface area contributed by atoms with Crippen molar-refractivity contribution in [3.05, 3.63) is 34.9 Å². The van der Waals surface area contributed by atoms with Gasteiger partial charge in [-0.2, -0.15) is 0 Å². The second-order valence-electron chi connectivity index (χ2n) is 4.49. The van der Waals surface area contributed by atoms with Crippen LogP contribution in [0.3, 0.4) is 0 Å². The number of halogens is 1. The fourth-order valence-corrected chi connectivity index (χ4v) is 1.74. The molecule has 0 aromatic heterocycles. The first-order chi connectivity index (χ1) is 8.02. The molecule has 0 saturated heterocycles. The minimum absolute atomic E-state index is 0.0441. The molecule has 3 nitrogen and oxygen atoms in total. The van der Waals surface area contributed by atoms with Gasteiger partial charge in [-0.15, -0.1) is 0 Å². The summed E-state index contributed by atoms with van der Waals surface area (Å²) in [6.07, 6.45) is 0.760. The van der Waals surface area contributed by atoms with Crippen LogP contribution in [0.5, 0.6) is 0 Å². The standard InChI is InChI=1S/C13H18ClNO2/c1-9(2)7-12(8-16)15-13(17)10-3-5-11(14)6-4-10/h3-6,9,12,16H,7-8H2,1-2H3,(H,15,17)/t12-/m1/s1. The van der Waals surface area contributed by atoms with E-state index in [1.807, 2.05) is 0 Å². The topological polar surface area (TPSA) is 49.3 Å². The lowest BCUT2D eigenvalue weighted by atomic mass is 10.0. The van der Waals surface area contributed by atoms with Crippen molar-refractivity contribution >= 4 is 17.5 Å². The van der Waals surface area contributed by atoms with Gasteiger partial charge in [-0.3, -0.25) is 4.79 Å². The van der Waals surface area contributed by atoms with Crippen LogP contribution in [0.4, 0.5) is 0 Å². The highest BCUT2D eigenvalue weighted by Crippen LogP contribution is 2.10. The molecule has 0 bridgehead atoms. The molecule has 4 heteroatoms. The molecule has 0 aliphatic carbocycles. The molecule has 0 unspecified atom stereocenters. The molecule has 0 saturated carbocycles. The number of aliphatic hydroxyl groups is 1. The summed E-state index contributed by atoms with van der Waals surface area (Å²) < 4.78 is 0. The highest BCUT2D eigenvalue weighted by Gasteiger charge is 2.14. The van der Waals surface area contributed by atoms with E-state index in [0.29, 0.717) is 16.5 Å². The van der Waals surface area contributed by atoms with Crippen LogP contribution in [0, 0.1) is 5.92 Å². The Balaban J connectivity index is 2.61. The van der Waals surface area contributed by atoms with Crippen LogP contribution in [0.25, 0.3) is 0 Å². The van der Waals surface area contributed by atoms with Gasteiger partial charge in [0.15, 0.2) is 0 Å². The van der Waals surface area contributed by atoms with Crippen LogP contribution in [0.15, 0.2) is 24.3 Å². The highest BCUT2D eigenvalue weighted by atomic mass is 35.5. The molecule has 0 heterocycles. The van der Waals surface area contributed by atoms with Gasteiger partial charge in [0.05, 0.1) is 12.6 Å². The first kappa shape index (κ1) is 14.0. The van der Waals surface area contributed by atoms with Gasteiger partial charge in [0.1, 0.15) is 0 Å². The minimum atomic E-state index is -0.196. The van der Waals surface area contributed by atoms with E-state index in [1.165, 1.54) is 0 Å². The van der Waals surface area contributed by atoms with Crippen LogP contribution >= 0.6 is 11.6 Å². The van der Waals surface area contributed by atoms with E-state index < -0.39 is 0 Å². The van der Waals surface area contributed by atoms with Gasteiger partial charge in [-0.05, 0) is 36.6 Å². The Morgan fingerprint density at radius 3 is 2.41 bits per heavy atom. The molecule has 1 atom stereocenters. The van der Waals surface area contributed by atoms with Crippen LogP contribution in [0.2, 0.25) is 5.02 Å². The summed E-state index contributed by atoms with van der Waals surface area (Å²) in [5.74, 6) is 0.249. The first-order valence-corrected chi connectivity index (χ1v) is 6.08. The molecule has 1 amide bonds. The zero-order valence-electron chi connectivity index (χ0n) is 10.1. The summed E-state index contributed by atoms with van der Waals surface area (Å²) in [6, 6.07) is 6.49. The summed E-state index contributed by atoms with van der Waals surface area (Å²) in [4.78, 5) is 11.8. The molecule has 0 aliphatic heterocycles. The van der Waals surface area contributed by atoms with Crippen LogP contribution in [-0.4, -0.2) is 23.7 Å². The van der Waals surface area contributed by atoms with E-state index >= 15 is 0 Å². The van der Waals surface area contributed by atoms with Crippen molar-refractivity contribution in [2.45, 2.75) is 26.3 Å². The maximum atomic E-state index is 11.8. The van der Waals surface area contributed by atoms with Crippen molar-refractivity contribution in [3.63, 3.8) is 0 Å². The van der Waals surface area contributed by atoms with Gasteiger partial charge >= 0.3 is 0 Å². The molecular formula is C13H18ClNO2. The molecule has 0 radical (unpaired) electrons. The first-order valence-electron chi connectivity index (χ1n) is 5.70. The highest BCUT2D eigenvalue weighted by molar-refractivity contribution is 6.30. The maximum Gasteiger partial charge on any atom is 0.251 e. The van der Waals surface area contributed by atoms with Crippen molar-refractivity contribution in [2.75, 3.05) is 6.61 Å². The number of nitrogens with one attached hydrogen (secondary N) is 1. The predicted molar refractivity (Wildman–Crippen MR) is 69.2 cm³/mol. The molecule has 94 valence electrons. The molecule has 1 aromatic rings. The molecule has 0 spiro atoms. The van der Waals surface area contributed by atoms with E-state index in [-0.39, 0.29) is 18.6 Å². The Hall–Kier alpha value is -1.06. The monoisotopic (exact) mass is 255 g/mol. The summed E-state index contributed by atoms with van der Waals surface area (Å²) in [5.41, 5.74) is 0.552.